The normalized spacial score (nSPS) is 14.5. The molecular weight excluding hydrogens is 482 g/mol. The molecule has 0 spiro atoms. The molecule has 7 heteroatoms. The molecule has 0 heterocycles. The summed E-state index contributed by atoms with van der Waals surface area (Å²) in [4.78, 5) is 16.0. The van der Waals surface area contributed by atoms with E-state index >= 15 is 0 Å². The summed E-state index contributed by atoms with van der Waals surface area (Å²) < 4.78 is 13.2. The molecule has 1 fully saturated rings. The van der Waals surface area contributed by atoms with Crippen LogP contribution in [0.15, 0.2) is 53.5 Å². The highest BCUT2D eigenvalue weighted by Gasteiger charge is 2.44. The first kappa shape index (κ1) is 23.1. The molecule has 1 saturated carbocycles. The fourth-order valence-corrected chi connectivity index (χ4v) is 3.33. The van der Waals surface area contributed by atoms with Crippen LogP contribution in [0.4, 0.5) is 4.39 Å². The summed E-state index contributed by atoms with van der Waals surface area (Å²) in [5.74, 6) is 0.462. The van der Waals surface area contributed by atoms with Crippen molar-refractivity contribution in [2.24, 2.45) is 4.99 Å². The van der Waals surface area contributed by atoms with Crippen LogP contribution in [-0.2, 0) is 11.8 Å². The second-order valence-electron chi connectivity index (χ2n) is 7.17. The topological polar surface area (TPSA) is 65.5 Å². The molecule has 1 aliphatic carbocycles. The van der Waals surface area contributed by atoms with Crippen molar-refractivity contribution in [2.45, 2.75) is 24.7 Å². The lowest BCUT2D eigenvalue weighted by atomic mass is 9.96. The van der Waals surface area contributed by atoms with E-state index in [1.807, 2.05) is 30.3 Å². The summed E-state index contributed by atoms with van der Waals surface area (Å²) in [6, 6.07) is 14.4. The van der Waals surface area contributed by atoms with Gasteiger partial charge in [-0.1, -0.05) is 24.3 Å². The van der Waals surface area contributed by atoms with Gasteiger partial charge in [0.15, 0.2) is 5.96 Å². The van der Waals surface area contributed by atoms with Gasteiger partial charge in [-0.3, -0.25) is 9.79 Å². The lowest BCUT2D eigenvalue weighted by Gasteiger charge is -2.19. The molecule has 0 aromatic heterocycles. The van der Waals surface area contributed by atoms with Crippen LogP contribution in [0.5, 0.6) is 0 Å². The molecule has 2 aromatic rings. The fourth-order valence-electron chi connectivity index (χ4n) is 3.33. The lowest BCUT2D eigenvalue weighted by molar-refractivity contribution is 0.0963. The highest BCUT2D eigenvalue weighted by molar-refractivity contribution is 14.0. The lowest BCUT2D eigenvalue weighted by Crippen LogP contribution is -2.42. The number of carbonyl (C=O) groups excluding carboxylic acids is 1. The van der Waals surface area contributed by atoms with Crippen LogP contribution in [0, 0.1) is 5.82 Å². The van der Waals surface area contributed by atoms with Crippen molar-refractivity contribution in [2.75, 3.05) is 27.2 Å². The molecule has 0 atom stereocenters. The Balaban J connectivity index is 0.00000300. The highest BCUT2D eigenvalue weighted by atomic mass is 127. The predicted molar refractivity (Wildman–Crippen MR) is 126 cm³/mol. The summed E-state index contributed by atoms with van der Waals surface area (Å²) in [6.07, 6.45) is 2.97. The average Bonchev–Trinajstić information content (AvgIpc) is 3.51. The van der Waals surface area contributed by atoms with Crippen LogP contribution < -0.4 is 16.0 Å². The summed E-state index contributed by atoms with van der Waals surface area (Å²) in [5.41, 5.74) is 3.00. The number of nitrogens with zero attached hydrogens (tertiary/aromatic N) is 1. The van der Waals surface area contributed by atoms with Crippen molar-refractivity contribution in [1.82, 2.24) is 16.0 Å². The molecule has 156 valence electrons. The second kappa shape index (κ2) is 10.6. The summed E-state index contributed by atoms with van der Waals surface area (Å²) in [6.45, 7) is 1.48. The third-order valence-electron chi connectivity index (χ3n) is 5.25. The third kappa shape index (κ3) is 6.16. The van der Waals surface area contributed by atoms with Gasteiger partial charge in [0, 0.05) is 38.2 Å². The number of benzene rings is 2. The Morgan fingerprint density at radius 2 is 1.86 bits per heavy atom. The number of amides is 1. The van der Waals surface area contributed by atoms with Gasteiger partial charge in [-0.25, -0.2) is 4.39 Å². The van der Waals surface area contributed by atoms with Crippen LogP contribution in [0.3, 0.4) is 0 Å². The largest absolute Gasteiger partial charge is 0.356 e. The van der Waals surface area contributed by atoms with E-state index in [4.69, 9.17) is 0 Å². The van der Waals surface area contributed by atoms with E-state index in [1.165, 1.54) is 17.7 Å². The van der Waals surface area contributed by atoms with E-state index < -0.39 is 0 Å². The maximum atomic E-state index is 13.2. The first-order chi connectivity index (χ1) is 13.6. The Morgan fingerprint density at radius 1 is 1.14 bits per heavy atom. The Morgan fingerprint density at radius 3 is 2.48 bits per heavy atom. The van der Waals surface area contributed by atoms with E-state index in [0.717, 1.165) is 37.3 Å². The molecule has 0 bridgehead atoms. The molecule has 0 aliphatic heterocycles. The number of rotatable bonds is 7. The van der Waals surface area contributed by atoms with Gasteiger partial charge in [-0.05, 0) is 54.7 Å². The number of halogens is 2. The molecule has 1 aliphatic rings. The fraction of sp³-hybridized carbons (Fsp3) is 0.364. The Kier molecular flexibility index (Phi) is 8.43. The van der Waals surface area contributed by atoms with Gasteiger partial charge in [0.05, 0.1) is 0 Å². The van der Waals surface area contributed by atoms with Gasteiger partial charge in [0.1, 0.15) is 5.82 Å². The van der Waals surface area contributed by atoms with E-state index in [1.54, 1.807) is 20.2 Å². The molecule has 1 amide bonds. The molecule has 2 aromatic carbocycles. The van der Waals surface area contributed by atoms with Crippen LogP contribution in [-0.4, -0.2) is 39.1 Å². The zero-order valence-corrected chi connectivity index (χ0v) is 19.1. The first-order valence-corrected chi connectivity index (χ1v) is 9.58. The maximum Gasteiger partial charge on any atom is 0.251 e. The molecule has 0 saturated heterocycles. The SMILES string of the molecule is CN=C(NCCc1cccc(C(=O)NC)c1)NCC1(c2ccc(F)cc2)CC1.I. The minimum absolute atomic E-state index is 0. The number of nitrogens with one attached hydrogen (secondary N) is 3. The van der Waals surface area contributed by atoms with E-state index in [-0.39, 0.29) is 41.1 Å². The standard InChI is InChI=1S/C22H27FN4O.HI/c1-24-20(28)17-5-3-4-16(14-17)10-13-26-21(25-2)27-15-22(11-12-22)18-6-8-19(23)9-7-18;/h3-9,14H,10-13,15H2,1-2H3,(H,24,28)(H2,25,26,27);1H. The summed E-state index contributed by atoms with van der Waals surface area (Å²) in [7, 11) is 3.38. The summed E-state index contributed by atoms with van der Waals surface area (Å²) in [5, 5.41) is 9.35. The number of hydrogen-bond acceptors (Lipinski definition) is 2. The van der Waals surface area contributed by atoms with E-state index in [2.05, 4.69) is 20.9 Å². The highest BCUT2D eigenvalue weighted by Crippen LogP contribution is 2.47. The second-order valence-corrected chi connectivity index (χ2v) is 7.17. The third-order valence-corrected chi connectivity index (χ3v) is 5.25. The molecular formula is C22H28FIN4O. The van der Waals surface area contributed by atoms with Crippen molar-refractivity contribution in [1.29, 1.82) is 0 Å². The van der Waals surface area contributed by atoms with Crippen molar-refractivity contribution in [3.63, 3.8) is 0 Å². The van der Waals surface area contributed by atoms with Crippen LogP contribution in [0.25, 0.3) is 0 Å². The first-order valence-electron chi connectivity index (χ1n) is 9.58. The van der Waals surface area contributed by atoms with Crippen molar-refractivity contribution >= 4 is 35.8 Å². The Hall–Kier alpha value is -2.16. The van der Waals surface area contributed by atoms with Crippen LogP contribution in [0.1, 0.15) is 34.3 Å². The van der Waals surface area contributed by atoms with Crippen LogP contribution >= 0.6 is 24.0 Å². The van der Waals surface area contributed by atoms with Gasteiger partial charge in [-0.2, -0.15) is 0 Å². The maximum absolute atomic E-state index is 13.2. The van der Waals surface area contributed by atoms with Gasteiger partial charge < -0.3 is 16.0 Å². The number of hydrogen-bond donors (Lipinski definition) is 3. The quantitative estimate of drug-likeness (QED) is 0.305. The monoisotopic (exact) mass is 510 g/mol. The number of carbonyl (C=O) groups is 1. The Labute approximate surface area is 188 Å². The zero-order valence-electron chi connectivity index (χ0n) is 16.8. The van der Waals surface area contributed by atoms with Gasteiger partial charge in [0.25, 0.3) is 5.91 Å². The molecule has 5 nitrogen and oxygen atoms in total. The number of guanidine groups is 1. The molecule has 3 N–H and O–H groups in total. The molecule has 0 radical (unpaired) electrons. The predicted octanol–water partition coefficient (Wildman–Crippen LogP) is 3.24. The zero-order chi connectivity index (χ0) is 20.0. The van der Waals surface area contributed by atoms with Gasteiger partial charge >= 0.3 is 0 Å². The molecule has 3 rings (SSSR count). The minimum Gasteiger partial charge on any atom is -0.356 e. The van der Waals surface area contributed by atoms with Crippen molar-refractivity contribution in [3.8, 4) is 0 Å². The van der Waals surface area contributed by atoms with Gasteiger partial charge in [0.2, 0.25) is 0 Å². The minimum atomic E-state index is -0.203. The van der Waals surface area contributed by atoms with Gasteiger partial charge in [-0.15, -0.1) is 24.0 Å². The van der Waals surface area contributed by atoms with E-state index in [9.17, 15) is 9.18 Å². The molecule has 29 heavy (non-hydrogen) atoms. The van der Waals surface area contributed by atoms with Crippen molar-refractivity contribution in [3.05, 3.63) is 71.0 Å². The average molecular weight is 510 g/mol. The molecule has 0 unspecified atom stereocenters. The van der Waals surface area contributed by atoms with E-state index in [0.29, 0.717) is 12.1 Å². The van der Waals surface area contributed by atoms with Crippen LogP contribution in [0.2, 0.25) is 0 Å². The smallest absolute Gasteiger partial charge is 0.251 e. The Bertz CT molecular complexity index is 850. The number of aliphatic imine (C=N–C) groups is 1. The van der Waals surface area contributed by atoms with Crippen molar-refractivity contribution < 1.29 is 9.18 Å². The summed E-state index contributed by atoms with van der Waals surface area (Å²) >= 11 is 0.